The molecule has 1 aliphatic rings. The second kappa shape index (κ2) is 16.8. The maximum atomic E-state index is 11.8. The van der Waals surface area contributed by atoms with Crippen LogP contribution < -0.4 is 0 Å². The fourth-order valence-electron chi connectivity index (χ4n) is 3.92. The van der Waals surface area contributed by atoms with Crippen molar-refractivity contribution in [3.8, 4) is 0 Å². The van der Waals surface area contributed by atoms with Crippen molar-refractivity contribution in [1.29, 1.82) is 0 Å². The number of imide groups is 1. The summed E-state index contributed by atoms with van der Waals surface area (Å²) in [5.74, 6) is -1.49. The van der Waals surface area contributed by atoms with Gasteiger partial charge in [0.05, 0.1) is 0 Å². The summed E-state index contributed by atoms with van der Waals surface area (Å²) in [6, 6.07) is 9.74. The number of benzene rings is 1. The summed E-state index contributed by atoms with van der Waals surface area (Å²) < 4.78 is 5.29. The second-order valence-electron chi connectivity index (χ2n) is 8.93. The van der Waals surface area contributed by atoms with Crippen LogP contribution in [0, 0.1) is 0 Å². The van der Waals surface area contributed by atoms with E-state index in [-0.39, 0.29) is 25.2 Å². The van der Waals surface area contributed by atoms with Crippen molar-refractivity contribution in [2.45, 2.75) is 109 Å². The third-order valence-electron chi connectivity index (χ3n) is 5.95. The van der Waals surface area contributed by atoms with E-state index in [9.17, 15) is 19.2 Å². The summed E-state index contributed by atoms with van der Waals surface area (Å²) in [6.45, 7) is 0.356. The summed E-state index contributed by atoms with van der Waals surface area (Å²) in [5, 5.41) is 0.615. The minimum absolute atomic E-state index is 0.113. The van der Waals surface area contributed by atoms with Gasteiger partial charge in [-0.2, -0.15) is 0 Å². The highest BCUT2D eigenvalue weighted by molar-refractivity contribution is 6.01. The van der Waals surface area contributed by atoms with Gasteiger partial charge in [0, 0.05) is 25.7 Å². The fraction of sp³-hybridized carbons (Fsp3) is 0.630. The Kier molecular flexibility index (Phi) is 13.6. The van der Waals surface area contributed by atoms with Gasteiger partial charge in [0.1, 0.15) is 6.61 Å². The van der Waals surface area contributed by atoms with Gasteiger partial charge >= 0.3 is 11.9 Å². The average Bonchev–Trinajstić information content (AvgIpc) is 3.15. The number of hydrogen-bond donors (Lipinski definition) is 0. The topological polar surface area (TPSA) is 90.0 Å². The first-order valence-corrected chi connectivity index (χ1v) is 12.8. The van der Waals surface area contributed by atoms with Gasteiger partial charge in [-0.15, -0.1) is 5.06 Å². The van der Waals surface area contributed by atoms with Crippen LogP contribution in [0.15, 0.2) is 30.3 Å². The molecule has 188 valence electrons. The van der Waals surface area contributed by atoms with E-state index in [4.69, 9.17) is 9.57 Å². The van der Waals surface area contributed by atoms with Gasteiger partial charge in [-0.3, -0.25) is 14.4 Å². The Bertz CT molecular complexity index is 748. The fourth-order valence-corrected chi connectivity index (χ4v) is 3.92. The number of esters is 1. The molecule has 0 bridgehead atoms. The average molecular weight is 474 g/mol. The van der Waals surface area contributed by atoms with Gasteiger partial charge < -0.3 is 9.57 Å². The molecule has 7 nitrogen and oxygen atoms in total. The van der Waals surface area contributed by atoms with Crippen molar-refractivity contribution < 1.29 is 28.8 Å². The number of rotatable bonds is 18. The molecule has 0 N–H and O–H groups in total. The predicted molar refractivity (Wildman–Crippen MR) is 128 cm³/mol. The van der Waals surface area contributed by atoms with Crippen molar-refractivity contribution in [3.05, 3.63) is 35.9 Å². The highest BCUT2D eigenvalue weighted by Crippen LogP contribution is 2.15. The highest BCUT2D eigenvalue weighted by Gasteiger charge is 2.32. The first-order valence-electron chi connectivity index (χ1n) is 12.8. The molecule has 1 saturated heterocycles. The highest BCUT2D eigenvalue weighted by atomic mass is 16.7. The van der Waals surface area contributed by atoms with Crippen LogP contribution in [-0.2, 0) is 35.4 Å². The van der Waals surface area contributed by atoms with Gasteiger partial charge in [0.2, 0.25) is 0 Å². The van der Waals surface area contributed by atoms with Crippen LogP contribution >= 0.6 is 0 Å². The second-order valence-corrected chi connectivity index (χ2v) is 8.93. The van der Waals surface area contributed by atoms with E-state index in [1.807, 2.05) is 30.3 Å². The Morgan fingerprint density at radius 1 is 0.647 bits per heavy atom. The lowest BCUT2D eigenvalue weighted by Gasteiger charge is -2.12. The molecule has 0 atom stereocenters. The summed E-state index contributed by atoms with van der Waals surface area (Å²) in [5.41, 5.74) is 1.02. The summed E-state index contributed by atoms with van der Waals surface area (Å²) in [6.07, 6.45) is 14.1. The molecule has 34 heavy (non-hydrogen) atoms. The third-order valence-corrected chi connectivity index (χ3v) is 5.95. The SMILES string of the molecule is O=C(CCCCCCCCCCCCCCC(=O)ON1C(=O)CCC1=O)OCc1ccccc1. The van der Waals surface area contributed by atoms with E-state index in [1.54, 1.807) is 0 Å². The summed E-state index contributed by atoms with van der Waals surface area (Å²) in [7, 11) is 0. The van der Waals surface area contributed by atoms with E-state index in [2.05, 4.69) is 0 Å². The standard InChI is InChI=1S/C27H39NO6/c29-24-20-21-25(30)28(24)34-27(32)19-15-10-8-6-4-2-1-3-5-7-9-14-18-26(31)33-22-23-16-12-11-13-17-23/h11-13,16-17H,1-10,14-15,18-22H2. The third kappa shape index (κ3) is 12.0. The molecule has 1 aliphatic heterocycles. The number of amides is 2. The monoisotopic (exact) mass is 473 g/mol. The molecular formula is C27H39NO6. The van der Waals surface area contributed by atoms with Gasteiger partial charge in [-0.05, 0) is 18.4 Å². The van der Waals surface area contributed by atoms with Crippen molar-refractivity contribution >= 4 is 23.8 Å². The Hall–Kier alpha value is -2.70. The lowest BCUT2D eigenvalue weighted by atomic mass is 10.0. The number of ether oxygens (including phenoxy) is 1. The summed E-state index contributed by atoms with van der Waals surface area (Å²) >= 11 is 0. The molecule has 0 radical (unpaired) electrons. The minimum atomic E-state index is -0.507. The van der Waals surface area contributed by atoms with Gasteiger partial charge in [-0.25, -0.2) is 4.79 Å². The molecule has 1 aromatic carbocycles. The minimum Gasteiger partial charge on any atom is -0.461 e. The molecule has 2 rings (SSSR count). The number of carbonyl (C=O) groups excluding carboxylic acids is 4. The maximum absolute atomic E-state index is 11.8. The zero-order valence-electron chi connectivity index (χ0n) is 20.3. The molecule has 1 aromatic rings. The molecule has 1 fully saturated rings. The Morgan fingerprint density at radius 3 is 1.59 bits per heavy atom. The van der Waals surface area contributed by atoms with Crippen LogP contribution in [0.5, 0.6) is 0 Å². The molecule has 0 spiro atoms. The molecule has 0 aliphatic carbocycles. The Balaban J connectivity index is 1.30. The lowest BCUT2D eigenvalue weighted by Crippen LogP contribution is -2.31. The molecular weight excluding hydrogens is 434 g/mol. The number of hydroxylamine groups is 2. The number of unbranched alkanes of at least 4 members (excludes halogenated alkanes) is 11. The van der Waals surface area contributed by atoms with Crippen LogP contribution in [0.3, 0.4) is 0 Å². The normalized spacial score (nSPS) is 13.4. The van der Waals surface area contributed by atoms with Crippen molar-refractivity contribution in [2.24, 2.45) is 0 Å². The number of carbonyl (C=O) groups is 4. The smallest absolute Gasteiger partial charge is 0.333 e. The van der Waals surface area contributed by atoms with Crippen LogP contribution in [0.4, 0.5) is 0 Å². The first-order chi connectivity index (χ1) is 16.6. The van der Waals surface area contributed by atoms with Gasteiger partial charge in [0.25, 0.3) is 11.8 Å². The van der Waals surface area contributed by atoms with Crippen molar-refractivity contribution in [2.75, 3.05) is 0 Å². The predicted octanol–water partition coefficient (Wildman–Crippen LogP) is 5.80. The maximum Gasteiger partial charge on any atom is 0.333 e. The van der Waals surface area contributed by atoms with E-state index in [1.165, 1.54) is 32.1 Å². The molecule has 0 unspecified atom stereocenters. The van der Waals surface area contributed by atoms with Crippen molar-refractivity contribution in [3.63, 3.8) is 0 Å². The largest absolute Gasteiger partial charge is 0.461 e. The van der Waals surface area contributed by atoms with E-state index in [0.717, 1.165) is 50.5 Å². The van der Waals surface area contributed by atoms with Crippen LogP contribution in [-0.4, -0.2) is 28.8 Å². The van der Waals surface area contributed by atoms with E-state index in [0.29, 0.717) is 18.1 Å². The van der Waals surface area contributed by atoms with E-state index >= 15 is 0 Å². The summed E-state index contributed by atoms with van der Waals surface area (Å²) in [4.78, 5) is 51.2. The molecule has 0 saturated carbocycles. The first kappa shape index (κ1) is 27.5. The van der Waals surface area contributed by atoms with E-state index < -0.39 is 17.8 Å². The lowest BCUT2D eigenvalue weighted by molar-refractivity contribution is -0.197. The zero-order chi connectivity index (χ0) is 24.4. The van der Waals surface area contributed by atoms with Crippen LogP contribution in [0.2, 0.25) is 0 Å². The Morgan fingerprint density at radius 2 is 1.09 bits per heavy atom. The number of nitrogens with zero attached hydrogens (tertiary/aromatic N) is 1. The quantitative estimate of drug-likeness (QED) is 0.152. The molecule has 7 heteroatoms. The van der Waals surface area contributed by atoms with Crippen molar-refractivity contribution in [1.82, 2.24) is 5.06 Å². The van der Waals surface area contributed by atoms with Crippen LogP contribution in [0.1, 0.15) is 108 Å². The van der Waals surface area contributed by atoms with Gasteiger partial charge in [-0.1, -0.05) is 94.5 Å². The number of hydrogen-bond acceptors (Lipinski definition) is 6. The molecule has 2 amide bonds. The van der Waals surface area contributed by atoms with Gasteiger partial charge in [0.15, 0.2) is 0 Å². The Labute approximate surface area is 203 Å². The molecule has 0 aromatic heterocycles. The van der Waals surface area contributed by atoms with Crippen LogP contribution in [0.25, 0.3) is 0 Å². The zero-order valence-corrected chi connectivity index (χ0v) is 20.3. The molecule has 1 heterocycles.